The summed E-state index contributed by atoms with van der Waals surface area (Å²) in [5.74, 6) is 1.10. The first-order chi connectivity index (χ1) is 9.11. The summed E-state index contributed by atoms with van der Waals surface area (Å²) in [5.41, 5.74) is 2.80. The number of nitrogens with zero attached hydrogens (tertiary/aromatic N) is 2. The summed E-state index contributed by atoms with van der Waals surface area (Å²) in [4.78, 5) is 26.5. The molecule has 19 heavy (non-hydrogen) atoms. The van der Waals surface area contributed by atoms with Crippen molar-refractivity contribution in [2.75, 3.05) is 5.88 Å². The number of thioether (sulfide) groups is 1. The Hall–Kier alpha value is -1.57. The fourth-order valence-electron chi connectivity index (χ4n) is 1.70. The van der Waals surface area contributed by atoms with Crippen molar-refractivity contribution >= 4 is 36.1 Å². The topological polar surface area (TPSA) is 94.9 Å². The molecule has 0 saturated heterocycles. The van der Waals surface area contributed by atoms with E-state index in [9.17, 15) is 9.59 Å². The molecule has 2 aliphatic rings. The van der Waals surface area contributed by atoms with Crippen LogP contribution < -0.4 is 16.1 Å². The lowest BCUT2D eigenvalue weighted by Gasteiger charge is -2.16. The number of amides is 2. The standard InChI is InChI=1S/C11H17N5O2S/c1-6(17)14-10-8(9(12-2)15-16-10)19-5-13-11(18)7-3-4-7/h7-9,15H,2-5H2,1H3,(H,13,18)(H,14,16,17). The monoisotopic (exact) mass is 283 g/mol. The lowest BCUT2D eigenvalue weighted by atomic mass is 10.3. The molecule has 1 aliphatic carbocycles. The highest BCUT2D eigenvalue weighted by Gasteiger charge is 2.33. The van der Waals surface area contributed by atoms with E-state index in [2.05, 4.69) is 32.9 Å². The van der Waals surface area contributed by atoms with E-state index in [-0.39, 0.29) is 29.1 Å². The molecule has 7 nitrogen and oxygen atoms in total. The average molecular weight is 283 g/mol. The highest BCUT2D eigenvalue weighted by molar-refractivity contribution is 8.00. The van der Waals surface area contributed by atoms with Gasteiger partial charge in [0.1, 0.15) is 11.1 Å². The molecular formula is C11H17N5O2S. The number of hydrazone groups is 1. The van der Waals surface area contributed by atoms with Crippen molar-refractivity contribution in [2.45, 2.75) is 31.2 Å². The molecule has 0 radical (unpaired) electrons. The normalized spacial score (nSPS) is 25.2. The van der Waals surface area contributed by atoms with Crippen LogP contribution in [0.25, 0.3) is 0 Å². The van der Waals surface area contributed by atoms with E-state index in [1.54, 1.807) is 0 Å². The smallest absolute Gasteiger partial charge is 0.223 e. The van der Waals surface area contributed by atoms with Crippen LogP contribution in [0, 0.1) is 5.92 Å². The second-order valence-electron chi connectivity index (χ2n) is 4.48. The van der Waals surface area contributed by atoms with E-state index in [1.807, 2.05) is 0 Å². The Kier molecular flexibility index (Phi) is 4.41. The summed E-state index contributed by atoms with van der Waals surface area (Å²) >= 11 is 1.47. The Morgan fingerprint density at radius 3 is 2.89 bits per heavy atom. The zero-order valence-corrected chi connectivity index (χ0v) is 11.5. The third-order valence-corrected chi connectivity index (χ3v) is 3.98. The number of hydrogen-bond acceptors (Lipinski definition) is 6. The van der Waals surface area contributed by atoms with Crippen molar-refractivity contribution < 1.29 is 9.59 Å². The minimum absolute atomic E-state index is 0.0968. The maximum absolute atomic E-state index is 11.5. The van der Waals surface area contributed by atoms with E-state index in [4.69, 9.17) is 0 Å². The van der Waals surface area contributed by atoms with E-state index >= 15 is 0 Å². The summed E-state index contributed by atoms with van der Waals surface area (Å²) in [5, 5.41) is 9.38. The number of carbonyl (C=O) groups is 2. The lowest BCUT2D eigenvalue weighted by molar-refractivity contribution is -0.122. The van der Waals surface area contributed by atoms with Crippen molar-refractivity contribution in [3.63, 3.8) is 0 Å². The van der Waals surface area contributed by atoms with Crippen LogP contribution in [0.4, 0.5) is 0 Å². The van der Waals surface area contributed by atoms with Gasteiger partial charge in [-0.1, -0.05) is 0 Å². The molecule has 0 aromatic rings. The quantitative estimate of drug-likeness (QED) is 0.475. The number of nitrogens with one attached hydrogen (secondary N) is 3. The Labute approximate surface area is 115 Å². The van der Waals surface area contributed by atoms with E-state index in [0.717, 1.165) is 12.8 Å². The highest BCUT2D eigenvalue weighted by atomic mass is 32.2. The van der Waals surface area contributed by atoms with Crippen molar-refractivity contribution in [2.24, 2.45) is 16.0 Å². The molecule has 8 heteroatoms. The van der Waals surface area contributed by atoms with Crippen LogP contribution in [-0.4, -0.2) is 41.7 Å². The van der Waals surface area contributed by atoms with Gasteiger partial charge in [0.05, 0.1) is 5.88 Å². The SMILES string of the molecule is C=NC1NN=C(NC(C)=O)C1SCNC(=O)C1CC1. The van der Waals surface area contributed by atoms with Crippen LogP contribution in [0.1, 0.15) is 19.8 Å². The molecule has 1 fully saturated rings. The fraction of sp³-hybridized carbons (Fsp3) is 0.636. The first-order valence-electron chi connectivity index (χ1n) is 6.07. The summed E-state index contributed by atoms with van der Waals surface area (Å²) in [7, 11) is 0. The third-order valence-electron chi connectivity index (χ3n) is 2.83. The van der Waals surface area contributed by atoms with Crippen LogP contribution in [0.5, 0.6) is 0 Å². The van der Waals surface area contributed by atoms with E-state index < -0.39 is 0 Å². The molecule has 3 N–H and O–H groups in total. The minimum Gasteiger partial charge on any atom is -0.347 e. The molecule has 0 aromatic heterocycles. The molecule has 2 rings (SSSR count). The van der Waals surface area contributed by atoms with Gasteiger partial charge in [0.15, 0.2) is 6.17 Å². The summed E-state index contributed by atoms with van der Waals surface area (Å²) in [6, 6.07) is 0. The molecule has 0 spiro atoms. The minimum atomic E-state index is -0.287. The predicted octanol–water partition coefficient (Wildman–Crippen LogP) is -0.349. The lowest BCUT2D eigenvalue weighted by Crippen LogP contribution is -2.40. The summed E-state index contributed by atoms with van der Waals surface area (Å²) in [6.07, 6.45) is 1.68. The van der Waals surface area contributed by atoms with Crippen LogP contribution in [0.3, 0.4) is 0 Å². The Bertz CT molecular complexity index is 421. The molecule has 1 aliphatic heterocycles. The first kappa shape index (κ1) is 13.9. The third kappa shape index (κ3) is 3.69. The van der Waals surface area contributed by atoms with Crippen molar-refractivity contribution in [3.05, 3.63) is 0 Å². The molecule has 1 saturated carbocycles. The molecule has 0 bridgehead atoms. The van der Waals surface area contributed by atoms with E-state index in [1.165, 1.54) is 18.7 Å². The molecule has 0 aromatic carbocycles. The predicted molar refractivity (Wildman–Crippen MR) is 74.8 cm³/mol. The molecule has 104 valence electrons. The zero-order valence-electron chi connectivity index (χ0n) is 10.7. The number of carbonyl (C=O) groups excluding carboxylic acids is 2. The summed E-state index contributed by atoms with van der Waals surface area (Å²) in [6.45, 7) is 4.91. The van der Waals surface area contributed by atoms with Gasteiger partial charge in [-0.3, -0.25) is 20.0 Å². The Morgan fingerprint density at radius 1 is 1.58 bits per heavy atom. The van der Waals surface area contributed by atoms with Gasteiger partial charge in [-0.15, -0.1) is 11.8 Å². The van der Waals surface area contributed by atoms with Gasteiger partial charge in [0.2, 0.25) is 11.8 Å². The Morgan fingerprint density at radius 2 is 2.32 bits per heavy atom. The van der Waals surface area contributed by atoms with Gasteiger partial charge < -0.3 is 10.6 Å². The number of aliphatic imine (C=N–C) groups is 1. The maximum Gasteiger partial charge on any atom is 0.223 e. The van der Waals surface area contributed by atoms with Crippen LogP contribution in [-0.2, 0) is 9.59 Å². The summed E-state index contributed by atoms with van der Waals surface area (Å²) < 4.78 is 0. The van der Waals surface area contributed by atoms with Gasteiger partial charge in [0, 0.05) is 12.8 Å². The van der Waals surface area contributed by atoms with Gasteiger partial charge >= 0.3 is 0 Å². The zero-order chi connectivity index (χ0) is 13.8. The first-order valence-corrected chi connectivity index (χ1v) is 7.12. The molecule has 2 atom stereocenters. The molecule has 2 unspecified atom stereocenters. The number of hydrogen-bond donors (Lipinski definition) is 3. The Balaban J connectivity index is 1.83. The van der Waals surface area contributed by atoms with Crippen molar-refractivity contribution in [1.29, 1.82) is 0 Å². The molecular weight excluding hydrogens is 266 g/mol. The van der Waals surface area contributed by atoms with Gasteiger partial charge in [-0.2, -0.15) is 5.10 Å². The maximum atomic E-state index is 11.5. The van der Waals surface area contributed by atoms with Crippen LogP contribution in [0.2, 0.25) is 0 Å². The second kappa shape index (κ2) is 6.05. The van der Waals surface area contributed by atoms with Gasteiger partial charge in [-0.05, 0) is 19.6 Å². The van der Waals surface area contributed by atoms with Crippen molar-refractivity contribution in [3.8, 4) is 0 Å². The van der Waals surface area contributed by atoms with Gasteiger partial charge in [0.25, 0.3) is 0 Å². The number of amidine groups is 1. The van der Waals surface area contributed by atoms with Gasteiger partial charge in [-0.25, -0.2) is 0 Å². The van der Waals surface area contributed by atoms with Crippen LogP contribution >= 0.6 is 11.8 Å². The fourth-order valence-corrected chi connectivity index (χ4v) is 2.70. The largest absolute Gasteiger partial charge is 0.347 e. The van der Waals surface area contributed by atoms with E-state index in [0.29, 0.717) is 11.7 Å². The second-order valence-corrected chi connectivity index (χ2v) is 5.61. The average Bonchev–Trinajstić information content (AvgIpc) is 3.14. The van der Waals surface area contributed by atoms with Crippen molar-refractivity contribution in [1.82, 2.24) is 16.1 Å². The molecule has 2 amide bonds. The number of rotatable bonds is 5. The van der Waals surface area contributed by atoms with Crippen LogP contribution in [0.15, 0.2) is 10.1 Å². The molecule has 1 heterocycles. The highest BCUT2D eigenvalue weighted by Crippen LogP contribution is 2.29.